The number of piperidine rings is 1. The second-order valence-corrected chi connectivity index (χ2v) is 12.9. The van der Waals surface area contributed by atoms with E-state index in [1.807, 2.05) is 52.0 Å². The van der Waals surface area contributed by atoms with Crippen molar-refractivity contribution in [3.63, 3.8) is 0 Å². The van der Waals surface area contributed by atoms with E-state index in [9.17, 15) is 14.7 Å². The van der Waals surface area contributed by atoms with Crippen molar-refractivity contribution in [2.24, 2.45) is 17.8 Å². The minimum absolute atomic E-state index is 0.00473. The Hall–Kier alpha value is -2.90. The average Bonchev–Trinajstić information content (AvgIpc) is 3.17. The number of ether oxygens (including phenoxy) is 3. The Labute approximate surface area is 229 Å². The summed E-state index contributed by atoms with van der Waals surface area (Å²) in [5.74, 6) is -0.260. The number of likely N-dealkylation sites (tertiary alicyclic amines) is 1. The number of benzene rings is 1. The van der Waals surface area contributed by atoms with E-state index >= 15 is 0 Å². The number of rotatable bonds is 4. The van der Waals surface area contributed by atoms with Crippen LogP contribution in [0, 0.1) is 17.8 Å². The summed E-state index contributed by atoms with van der Waals surface area (Å²) >= 11 is 0. The van der Waals surface area contributed by atoms with Gasteiger partial charge < -0.3 is 24.2 Å². The first-order valence-electron chi connectivity index (χ1n) is 14.4. The number of nitrogens with zero attached hydrogens (tertiary/aromatic N) is 1. The van der Waals surface area contributed by atoms with Crippen molar-refractivity contribution in [3.8, 4) is 17.2 Å². The lowest BCUT2D eigenvalue weighted by Crippen LogP contribution is -2.74. The summed E-state index contributed by atoms with van der Waals surface area (Å²) in [4.78, 5) is 31.2. The van der Waals surface area contributed by atoms with Gasteiger partial charge in [0.1, 0.15) is 28.4 Å². The van der Waals surface area contributed by atoms with Crippen molar-refractivity contribution in [3.05, 3.63) is 46.6 Å². The van der Waals surface area contributed by atoms with Crippen LogP contribution in [0.1, 0.15) is 69.3 Å². The number of hydrogen-bond donors (Lipinski definition) is 1. The van der Waals surface area contributed by atoms with Crippen LogP contribution in [-0.2, 0) is 9.53 Å². The normalized spacial score (nSPS) is 35.4. The van der Waals surface area contributed by atoms with Gasteiger partial charge in [0.15, 0.2) is 22.8 Å². The molecule has 7 nitrogen and oxygen atoms in total. The number of phenols is 1. The molecule has 206 valence electrons. The third-order valence-electron chi connectivity index (χ3n) is 9.79. The molecule has 7 heteroatoms. The van der Waals surface area contributed by atoms with Gasteiger partial charge in [-0.2, -0.15) is 0 Å². The number of carbonyl (C=O) groups excluding carboxylic acids is 2. The van der Waals surface area contributed by atoms with Crippen LogP contribution in [0.5, 0.6) is 17.2 Å². The highest BCUT2D eigenvalue weighted by molar-refractivity contribution is 6.18. The summed E-state index contributed by atoms with van der Waals surface area (Å²) in [6.07, 6.45) is 11.6. The average molecular weight is 532 g/mol. The van der Waals surface area contributed by atoms with E-state index in [-0.39, 0.29) is 34.7 Å². The Morgan fingerprint density at radius 3 is 2.67 bits per heavy atom. The Morgan fingerprint density at radius 2 is 1.92 bits per heavy atom. The molecule has 0 unspecified atom stereocenters. The molecule has 0 amide bonds. The maximum absolute atomic E-state index is 14.4. The van der Waals surface area contributed by atoms with Crippen LogP contribution in [0.15, 0.2) is 35.4 Å². The Bertz CT molecular complexity index is 1380. The summed E-state index contributed by atoms with van der Waals surface area (Å²) in [6.45, 7) is 11.1. The summed E-state index contributed by atoms with van der Waals surface area (Å²) in [7, 11) is 0. The molecule has 1 saturated carbocycles. The molecule has 3 fully saturated rings. The molecule has 1 aromatic rings. The van der Waals surface area contributed by atoms with E-state index in [1.165, 1.54) is 25.3 Å². The van der Waals surface area contributed by atoms with E-state index in [4.69, 9.17) is 14.2 Å². The third kappa shape index (κ3) is 3.29. The van der Waals surface area contributed by atoms with Gasteiger partial charge in [-0.1, -0.05) is 24.1 Å². The van der Waals surface area contributed by atoms with Gasteiger partial charge in [0.05, 0.1) is 12.2 Å². The summed E-state index contributed by atoms with van der Waals surface area (Å²) in [5, 5.41) is 11.1. The quantitative estimate of drug-likeness (QED) is 0.555. The molecule has 3 aliphatic carbocycles. The highest BCUT2D eigenvalue weighted by atomic mass is 16.6. The lowest BCUT2D eigenvalue weighted by Gasteiger charge is -2.59. The molecule has 1 N–H and O–H groups in total. The van der Waals surface area contributed by atoms with Crippen LogP contribution in [0.4, 0.5) is 0 Å². The molecule has 4 heterocycles. The molecule has 39 heavy (non-hydrogen) atoms. The first kappa shape index (κ1) is 25.1. The number of fused-ring (bicyclic) bond motifs is 3. The third-order valence-corrected chi connectivity index (χ3v) is 9.79. The molecule has 4 aliphatic heterocycles. The predicted molar refractivity (Wildman–Crippen MR) is 146 cm³/mol. The smallest absolute Gasteiger partial charge is 0.200 e. The highest BCUT2D eigenvalue weighted by Gasteiger charge is 2.79. The number of carbonyl (C=O) groups is 2. The topological polar surface area (TPSA) is 85.3 Å². The van der Waals surface area contributed by atoms with Crippen LogP contribution in [-0.4, -0.2) is 64.6 Å². The molecule has 8 rings (SSSR count). The number of ketones is 2. The van der Waals surface area contributed by atoms with Crippen LogP contribution in [0.25, 0.3) is 6.08 Å². The lowest BCUT2D eigenvalue weighted by molar-refractivity contribution is -0.171. The van der Waals surface area contributed by atoms with Crippen molar-refractivity contribution in [2.75, 3.05) is 26.2 Å². The number of aromatic hydroxyl groups is 1. The molecule has 1 aromatic carbocycles. The molecule has 2 saturated heterocycles. The number of Topliss-reactive ketones (excluding diaryl/α,β-unsaturated/α-hetero) is 2. The van der Waals surface area contributed by atoms with Crippen molar-refractivity contribution >= 4 is 17.6 Å². The van der Waals surface area contributed by atoms with Gasteiger partial charge in [0.25, 0.3) is 0 Å². The Kier molecular flexibility index (Phi) is 5.34. The maximum Gasteiger partial charge on any atom is 0.200 e. The second kappa shape index (κ2) is 8.31. The van der Waals surface area contributed by atoms with Crippen molar-refractivity contribution in [1.82, 2.24) is 4.90 Å². The molecular formula is C32H37NO6. The maximum atomic E-state index is 14.4. The van der Waals surface area contributed by atoms with Gasteiger partial charge in [0.2, 0.25) is 0 Å². The van der Waals surface area contributed by atoms with E-state index in [1.54, 1.807) is 0 Å². The van der Waals surface area contributed by atoms with Crippen LogP contribution < -0.4 is 9.47 Å². The van der Waals surface area contributed by atoms with Gasteiger partial charge in [-0.05, 0) is 71.7 Å². The number of phenolic OH excluding ortho intramolecular Hbond substituents is 1. The minimum atomic E-state index is -1.29. The fourth-order valence-corrected chi connectivity index (χ4v) is 7.97. The second-order valence-electron chi connectivity index (χ2n) is 12.9. The van der Waals surface area contributed by atoms with E-state index in [2.05, 4.69) is 4.90 Å². The first-order chi connectivity index (χ1) is 18.6. The SMILES string of the molecule is CC(C)=CC[C@@]12OC[C@@H]3[C@@H](CN4CCCCC4)[C@@H](C=C4C(=O)c5c(O)cc6c(c5O[C@]431)C=CC(C)(C)O6)C2=O. The van der Waals surface area contributed by atoms with Gasteiger partial charge >= 0.3 is 0 Å². The van der Waals surface area contributed by atoms with Gasteiger partial charge in [-0.3, -0.25) is 9.59 Å². The molecule has 4 bridgehead atoms. The van der Waals surface area contributed by atoms with Crippen molar-refractivity contribution < 1.29 is 28.9 Å². The molecule has 5 atom stereocenters. The largest absolute Gasteiger partial charge is 0.507 e. The van der Waals surface area contributed by atoms with E-state index in [0.717, 1.165) is 25.2 Å². The monoisotopic (exact) mass is 531 g/mol. The van der Waals surface area contributed by atoms with Gasteiger partial charge in [-0.15, -0.1) is 0 Å². The fraction of sp³-hybridized carbons (Fsp3) is 0.562. The standard InChI is InChI=1S/C32H37NO6/c1-18(2)8-11-31-29(36)20-14-22-27(35)26-24(34)15-25-19(9-10-30(3,4)38-25)28(26)39-32(22,31)23(17-37-31)21(20)16-33-12-6-5-7-13-33/h8-10,14-15,20-21,23,34H,5-7,11-13,16-17H2,1-4H3/t20-,21+,23-,31+,32-/m1/s1. The fourth-order valence-electron chi connectivity index (χ4n) is 7.97. The van der Waals surface area contributed by atoms with E-state index in [0.29, 0.717) is 35.7 Å². The first-order valence-corrected chi connectivity index (χ1v) is 14.4. The highest BCUT2D eigenvalue weighted by Crippen LogP contribution is 2.66. The van der Waals surface area contributed by atoms with Crippen molar-refractivity contribution in [2.45, 2.75) is 70.2 Å². The van der Waals surface area contributed by atoms with Gasteiger partial charge in [-0.25, -0.2) is 0 Å². The zero-order valence-electron chi connectivity index (χ0n) is 23.2. The Balaban J connectivity index is 1.42. The van der Waals surface area contributed by atoms with E-state index < -0.39 is 22.7 Å². The zero-order valence-corrected chi connectivity index (χ0v) is 23.2. The van der Waals surface area contributed by atoms with Crippen LogP contribution in [0.2, 0.25) is 0 Å². The zero-order chi connectivity index (χ0) is 27.3. The Morgan fingerprint density at radius 1 is 1.15 bits per heavy atom. The van der Waals surface area contributed by atoms with Crippen molar-refractivity contribution in [1.29, 1.82) is 0 Å². The van der Waals surface area contributed by atoms with Crippen LogP contribution >= 0.6 is 0 Å². The molecule has 0 aromatic heterocycles. The lowest BCUT2D eigenvalue weighted by atomic mass is 9.49. The predicted octanol–water partition coefficient (Wildman–Crippen LogP) is 4.87. The minimum Gasteiger partial charge on any atom is -0.507 e. The molecule has 1 spiro atoms. The molecule has 7 aliphatic rings. The molecular weight excluding hydrogens is 494 g/mol. The summed E-state index contributed by atoms with van der Waals surface area (Å²) in [5.41, 5.74) is -0.800. The summed E-state index contributed by atoms with van der Waals surface area (Å²) < 4.78 is 19.8. The summed E-state index contributed by atoms with van der Waals surface area (Å²) in [6, 6.07) is 1.51. The number of hydrogen-bond acceptors (Lipinski definition) is 7. The van der Waals surface area contributed by atoms with Gasteiger partial charge in [0, 0.05) is 36.4 Å². The number of allylic oxidation sites excluding steroid dienone is 2. The van der Waals surface area contributed by atoms with Crippen LogP contribution in [0.3, 0.4) is 0 Å². The molecule has 0 radical (unpaired) electrons.